The van der Waals surface area contributed by atoms with E-state index < -0.39 is 64.3 Å². The number of urea groups is 1. The molecule has 3 heterocycles. The first-order valence-electron chi connectivity index (χ1n) is 12.1. The van der Waals surface area contributed by atoms with Gasteiger partial charge in [0.15, 0.2) is 12.0 Å². The number of rotatable bonds is 8. The van der Waals surface area contributed by atoms with E-state index in [1.807, 2.05) is 6.92 Å². The quantitative estimate of drug-likeness (QED) is 0.462. The lowest BCUT2D eigenvalue weighted by Gasteiger charge is -2.34. The number of sulfonamides is 1. The second-order valence-electron chi connectivity index (χ2n) is 10.2. The van der Waals surface area contributed by atoms with Crippen LogP contribution in [-0.4, -0.2) is 80.7 Å². The van der Waals surface area contributed by atoms with Crippen LogP contribution < -0.4 is 10.0 Å². The van der Waals surface area contributed by atoms with Gasteiger partial charge in [0, 0.05) is 13.0 Å². The molecule has 5 atom stereocenters. The van der Waals surface area contributed by atoms with Gasteiger partial charge in [0.25, 0.3) is 0 Å². The fourth-order valence-corrected chi connectivity index (χ4v) is 5.86. The summed E-state index contributed by atoms with van der Waals surface area (Å²) < 4.78 is 51.7. The molecule has 13 heteroatoms. The molecule has 204 valence electrons. The molecular weight excluding hydrogens is 506 g/mol. The van der Waals surface area contributed by atoms with Gasteiger partial charge in [-0.25, -0.2) is 13.2 Å². The van der Waals surface area contributed by atoms with Crippen LogP contribution >= 0.6 is 0 Å². The van der Waals surface area contributed by atoms with E-state index in [-0.39, 0.29) is 30.4 Å². The number of carbonyl (C=O) groups is 3. The molecular formula is C24H33N3O9S. The van der Waals surface area contributed by atoms with Crippen LogP contribution in [0.4, 0.5) is 4.79 Å². The van der Waals surface area contributed by atoms with Gasteiger partial charge < -0.3 is 18.9 Å². The molecule has 2 N–H and O–H groups in total. The van der Waals surface area contributed by atoms with Crippen LogP contribution in [-0.2, 0) is 38.6 Å². The Morgan fingerprint density at radius 2 is 1.84 bits per heavy atom. The summed E-state index contributed by atoms with van der Waals surface area (Å²) in [5.41, 5.74) is 0.905. The first kappa shape index (κ1) is 27.5. The van der Waals surface area contributed by atoms with Crippen LogP contribution in [0.1, 0.15) is 39.7 Å². The van der Waals surface area contributed by atoms with Crippen molar-refractivity contribution in [2.45, 2.75) is 82.3 Å². The highest BCUT2D eigenvalue weighted by atomic mass is 32.2. The summed E-state index contributed by atoms with van der Waals surface area (Å²) in [5, 5.41) is 2.26. The van der Waals surface area contributed by atoms with Crippen molar-refractivity contribution >= 4 is 27.9 Å². The lowest BCUT2D eigenvalue weighted by atomic mass is 10.1. The third kappa shape index (κ3) is 5.96. The highest BCUT2D eigenvalue weighted by Crippen LogP contribution is 2.40. The van der Waals surface area contributed by atoms with E-state index in [9.17, 15) is 22.8 Å². The van der Waals surface area contributed by atoms with Crippen molar-refractivity contribution in [2.75, 3.05) is 13.2 Å². The zero-order chi connectivity index (χ0) is 27.1. The summed E-state index contributed by atoms with van der Waals surface area (Å²) in [6, 6.07) is 4.54. The summed E-state index contributed by atoms with van der Waals surface area (Å²) >= 11 is 0. The zero-order valence-electron chi connectivity index (χ0n) is 21.4. The predicted octanol–water partition coefficient (Wildman–Crippen LogP) is 1.03. The number of carbonyl (C=O) groups excluding carboxylic acids is 3. The van der Waals surface area contributed by atoms with Gasteiger partial charge in [-0.05, 0) is 38.8 Å². The standard InChI is InChI=1S/C24H33N3O9S/c1-13(2)18(26-37(31,32)15-8-6-14(3)7-9-15)22(29)33-12-16-19-20(36-24(4,5)35-19)21(34-16)27-11-10-17(28)25-23(27)30/h6-9,13,16,18-21,26H,10-12H2,1-5H3,(H,25,28,30)/t16-,18?,19-,20-,21-/m1/s1. The number of nitrogens with one attached hydrogen (secondary N) is 2. The van der Waals surface area contributed by atoms with Crippen LogP contribution in [0.15, 0.2) is 29.2 Å². The van der Waals surface area contributed by atoms with Crippen LogP contribution in [0.25, 0.3) is 0 Å². The van der Waals surface area contributed by atoms with Gasteiger partial charge in [0.1, 0.15) is 31.0 Å². The number of imide groups is 1. The molecule has 1 aromatic rings. The van der Waals surface area contributed by atoms with Gasteiger partial charge in [-0.15, -0.1) is 0 Å². The van der Waals surface area contributed by atoms with Crippen molar-refractivity contribution in [1.82, 2.24) is 14.9 Å². The fraction of sp³-hybridized carbons (Fsp3) is 0.625. The van der Waals surface area contributed by atoms with Crippen molar-refractivity contribution in [3.05, 3.63) is 29.8 Å². The van der Waals surface area contributed by atoms with E-state index in [2.05, 4.69) is 10.0 Å². The van der Waals surface area contributed by atoms with Gasteiger partial charge in [-0.3, -0.25) is 19.8 Å². The largest absolute Gasteiger partial charge is 0.462 e. The fourth-order valence-electron chi connectivity index (χ4n) is 4.53. The Balaban J connectivity index is 1.44. The van der Waals surface area contributed by atoms with Gasteiger partial charge in [-0.2, -0.15) is 4.72 Å². The molecule has 0 aliphatic carbocycles. The van der Waals surface area contributed by atoms with Gasteiger partial charge in [-0.1, -0.05) is 31.5 Å². The molecule has 0 spiro atoms. The van der Waals surface area contributed by atoms with Crippen molar-refractivity contribution in [3.8, 4) is 0 Å². The molecule has 3 aliphatic heterocycles. The number of hydrogen-bond donors (Lipinski definition) is 2. The van der Waals surface area contributed by atoms with E-state index in [0.717, 1.165) is 5.56 Å². The molecule has 0 radical (unpaired) electrons. The smallest absolute Gasteiger partial charge is 0.326 e. The summed E-state index contributed by atoms with van der Waals surface area (Å²) in [4.78, 5) is 38.4. The number of ether oxygens (including phenoxy) is 4. The Kier molecular flexibility index (Phi) is 7.64. The summed E-state index contributed by atoms with van der Waals surface area (Å²) in [7, 11) is -3.97. The van der Waals surface area contributed by atoms with Crippen molar-refractivity contribution in [3.63, 3.8) is 0 Å². The highest BCUT2D eigenvalue weighted by Gasteiger charge is 2.58. The minimum atomic E-state index is -3.97. The van der Waals surface area contributed by atoms with Crippen LogP contribution in [0, 0.1) is 12.8 Å². The molecule has 0 bridgehead atoms. The van der Waals surface area contributed by atoms with E-state index >= 15 is 0 Å². The van der Waals surface area contributed by atoms with Crippen LogP contribution in [0.2, 0.25) is 0 Å². The highest BCUT2D eigenvalue weighted by molar-refractivity contribution is 7.89. The van der Waals surface area contributed by atoms with E-state index in [1.165, 1.54) is 17.0 Å². The predicted molar refractivity (Wildman–Crippen MR) is 128 cm³/mol. The maximum absolute atomic E-state index is 13.0. The van der Waals surface area contributed by atoms with E-state index in [4.69, 9.17) is 18.9 Å². The van der Waals surface area contributed by atoms with Gasteiger partial charge in [0.05, 0.1) is 4.90 Å². The zero-order valence-corrected chi connectivity index (χ0v) is 22.2. The van der Waals surface area contributed by atoms with Gasteiger partial charge in [0.2, 0.25) is 15.9 Å². The SMILES string of the molecule is Cc1ccc(S(=O)(=O)NC(C(=O)OC[C@H]2O[C@@H](N3CCC(=O)NC3=O)[C@@H]3OC(C)(C)O[C@@H]32)C(C)C)cc1. The Bertz CT molecular complexity index is 1150. The number of nitrogens with zero attached hydrogens (tertiary/aromatic N) is 1. The van der Waals surface area contributed by atoms with E-state index in [0.29, 0.717) is 0 Å². The molecule has 4 rings (SSSR count). The third-order valence-corrected chi connectivity index (χ3v) is 7.90. The van der Waals surface area contributed by atoms with Crippen LogP contribution in [0.5, 0.6) is 0 Å². The maximum atomic E-state index is 13.0. The number of hydrogen-bond acceptors (Lipinski definition) is 9. The number of aryl methyl sites for hydroxylation is 1. The maximum Gasteiger partial charge on any atom is 0.326 e. The molecule has 0 saturated carbocycles. The number of esters is 1. The average Bonchev–Trinajstić information content (AvgIpc) is 3.29. The van der Waals surface area contributed by atoms with E-state index in [1.54, 1.807) is 39.8 Å². The molecule has 3 aliphatic rings. The molecule has 3 saturated heterocycles. The second kappa shape index (κ2) is 10.3. The average molecular weight is 540 g/mol. The Morgan fingerprint density at radius 1 is 1.19 bits per heavy atom. The molecule has 12 nitrogen and oxygen atoms in total. The molecule has 3 fully saturated rings. The lowest BCUT2D eigenvalue weighted by Crippen LogP contribution is -2.56. The second-order valence-corrected chi connectivity index (χ2v) is 11.9. The number of benzene rings is 1. The number of fused-ring (bicyclic) bond motifs is 1. The van der Waals surface area contributed by atoms with Crippen molar-refractivity contribution in [1.29, 1.82) is 0 Å². The molecule has 1 aromatic carbocycles. The summed E-state index contributed by atoms with van der Waals surface area (Å²) in [5.74, 6) is -2.52. The minimum Gasteiger partial charge on any atom is -0.462 e. The lowest BCUT2D eigenvalue weighted by molar-refractivity contribution is -0.207. The Hall–Kier alpha value is -2.58. The molecule has 37 heavy (non-hydrogen) atoms. The Morgan fingerprint density at radius 3 is 2.46 bits per heavy atom. The monoisotopic (exact) mass is 539 g/mol. The topological polar surface area (TPSA) is 150 Å². The van der Waals surface area contributed by atoms with Crippen molar-refractivity contribution < 1.29 is 41.7 Å². The molecule has 3 amide bonds. The third-order valence-electron chi connectivity index (χ3n) is 6.44. The summed E-state index contributed by atoms with van der Waals surface area (Å²) in [6.45, 7) is 8.59. The number of amides is 3. The van der Waals surface area contributed by atoms with Gasteiger partial charge >= 0.3 is 12.0 Å². The molecule has 1 unspecified atom stereocenters. The Labute approximate surface area is 216 Å². The summed E-state index contributed by atoms with van der Waals surface area (Å²) in [6.07, 6.45) is -2.85. The minimum absolute atomic E-state index is 0.0402. The first-order valence-corrected chi connectivity index (χ1v) is 13.6. The van der Waals surface area contributed by atoms with Crippen molar-refractivity contribution in [2.24, 2.45) is 5.92 Å². The first-order chi connectivity index (χ1) is 17.3. The normalized spacial score (nSPS) is 28.2. The van der Waals surface area contributed by atoms with Crippen LogP contribution in [0.3, 0.4) is 0 Å². The molecule has 0 aromatic heterocycles.